The van der Waals surface area contributed by atoms with Crippen molar-refractivity contribution < 1.29 is 17.9 Å². The second kappa shape index (κ2) is 9.21. The van der Waals surface area contributed by atoms with Crippen LogP contribution in [0.15, 0.2) is 89.1 Å². The SMILES string of the molecule is COc1ccc(S(=O)(=O)Nc2cccc(C(=O)Nc3nc(-c4ccccc4)cs3)c2)cc1. The first-order valence-corrected chi connectivity index (χ1v) is 11.9. The van der Waals surface area contributed by atoms with Crippen molar-refractivity contribution in [1.29, 1.82) is 0 Å². The molecule has 0 atom stereocenters. The van der Waals surface area contributed by atoms with Crippen molar-refractivity contribution in [3.8, 4) is 17.0 Å². The number of amides is 1. The summed E-state index contributed by atoms with van der Waals surface area (Å²) in [6, 6.07) is 22.0. The van der Waals surface area contributed by atoms with Gasteiger partial charge in [-0.15, -0.1) is 11.3 Å². The van der Waals surface area contributed by atoms with Crippen molar-refractivity contribution in [3.63, 3.8) is 0 Å². The highest BCUT2D eigenvalue weighted by molar-refractivity contribution is 7.92. The maximum absolute atomic E-state index is 12.7. The van der Waals surface area contributed by atoms with E-state index in [-0.39, 0.29) is 16.5 Å². The molecule has 0 aliphatic carbocycles. The molecule has 0 aliphatic rings. The Morgan fingerprint density at radius 1 is 0.969 bits per heavy atom. The van der Waals surface area contributed by atoms with E-state index in [0.717, 1.165) is 11.3 Å². The number of nitrogens with zero attached hydrogens (tertiary/aromatic N) is 1. The predicted molar refractivity (Wildman–Crippen MR) is 126 cm³/mol. The molecular weight excluding hydrogens is 446 g/mol. The average molecular weight is 466 g/mol. The lowest BCUT2D eigenvalue weighted by molar-refractivity contribution is 0.102. The molecule has 0 saturated carbocycles. The van der Waals surface area contributed by atoms with E-state index in [1.165, 1.54) is 36.6 Å². The van der Waals surface area contributed by atoms with E-state index in [4.69, 9.17) is 4.74 Å². The zero-order chi connectivity index (χ0) is 22.6. The minimum atomic E-state index is -3.81. The minimum absolute atomic E-state index is 0.0874. The Morgan fingerprint density at radius 3 is 2.44 bits per heavy atom. The number of carbonyl (C=O) groups is 1. The van der Waals surface area contributed by atoms with Crippen LogP contribution in [0.3, 0.4) is 0 Å². The van der Waals surface area contributed by atoms with Crippen molar-refractivity contribution in [2.75, 3.05) is 17.1 Å². The largest absolute Gasteiger partial charge is 0.497 e. The summed E-state index contributed by atoms with van der Waals surface area (Å²) in [5, 5.41) is 5.08. The first kappa shape index (κ1) is 21.5. The third-order valence-electron chi connectivity index (χ3n) is 4.54. The Morgan fingerprint density at radius 2 is 1.72 bits per heavy atom. The zero-order valence-corrected chi connectivity index (χ0v) is 18.6. The molecule has 0 spiro atoms. The molecule has 0 aliphatic heterocycles. The third-order valence-corrected chi connectivity index (χ3v) is 6.70. The molecule has 0 fully saturated rings. The molecule has 0 saturated heterocycles. The average Bonchev–Trinajstić information content (AvgIpc) is 3.28. The molecule has 3 aromatic carbocycles. The Bertz CT molecular complexity index is 1340. The number of benzene rings is 3. The van der Waals surface area contributed by atoms with E-state index in [0.29, 0.717) is 16.4 Å². The van der Waals surface area contributed by atoms with Gasteiger partial charge in [-0.05, 0) is 42.5 Å². The molecule has 1 amide bonds. The van der Waals surface area contributed by atoms with Crippen LogP contribution in [0.5, 0.6) is 5.75 Å². The van der Waals surface area contributed by atoms with E-state index >= 15 is 0 Å². The fourth-order valence-electron chi connectivity index (χ4n) is 2.93. The van der Waals surface area contributed by atoms with Gasteiger partial charge < -0.3 is 4.74 Å². The number of rotatable bonds is 7. The summed E-state index contributed by atoms with van der Waals surface area (Å²) >= 11 is 1.32. The van der Waals surface area contributed by atoms with Crippen LogP contribution in [0.25, 0.3) is 11.3 Å². The number of hydrogen-bond donors (Lipinski definition) is 2. The first-order chi connectivity index (χ1) is 15.4. The Balaban J connectivity index is 1.47. The third kappa shape index (κ3) is 4.96. The van der Waals surface area contributed by atoms with Gasteiger partial charge in [-0.2, -0.15) is 0 Å². The van der Waals surface area contributed by atoms with Crippen LogP contribution < -0.4 is 14.8 Å². The van der Waals surface area contributed by atoms with Gasteiger partial charge in [-0.25, -0.2) is 13.4 Å². The maximum Gasteiger partial charge on any atom is 0.261 e. The predicted octanol–water partition coefficient (Wildman–Crippen LogP) is 4.87. The van der Waals surface area contributed by atoms with Crippen LogP contribution in [0.2, 0.25) is 0 Å². The number of anilines is 2. The lowest BCUT2D eigenvalue weighted by Gasteiger charge is -2.10. The maximum atomic E-state index is 12.7. The Labute approximate surface area is 189 Å². The summed E-state index contributed by atoms with van der Waals surface area (Å²) < 4.78 is 32.8. The van der Waals surface area contributed by atoms with Crippen molar-refractivity contribution in [3.05, 3.63) is 89.8 Å². The number of sulfonamides is 1. The van der Waals surface area contributed by atoms with Gasteiger partial charge in [0.15, 0.2) is 5.13 Å². The topological polar surface area (TPSA) is 97.4 Å². The highest BCUT2D eigenvalue weighted by Crippen LogP contribution is 2.25. The zero-order valence-electron chi connectivity index (χ0n) is 17.0. The van der Waals surface area contributed by atoms with E-state index in [1.54, 1.807) is 30.3 Å². The Hall–Kier alpha value is -3.69. The second-order valence-electron chi connectivity index (χ2n) is 6.72. The fourth-order valence-corrected chi connectivity index (χ4v) is 4.70. The number of aromatic nitrogens is 1. The molecule has 7 nitrogen and oxygen atoms in total. The monoisotopic (exact) mass is 465 g/mol. The minimum Gasteiger partial charge on any atom is -0.497 e. The van der Waals surface area contributed by atoms with Crippen molar-refractivity contribution in [1.82, 2.24) is 4.98 Å². The quantitative estimate of drug-likeness (QED) is 0.406. The molecule has 2 N–H and O–H groups in total. The summed E-state index contributed by atoms with van der Waals surface area (Å²) in [7, 11) is -2.31. The second-order valence-corrected chi connectivity index (χ2v) is 9.26. The van der Waals surface area contributed by atoms with E-state index in [9.17, 15) is 13.2 Å². The summed E-state index contributed by atoms with van der Waals surface area (Å²) in [5.41, 5.74) is 2.31. The smallest absolute Gasteiger partial charge is 0.261 e. The molecule has 0 bridgehead atoms. The standard InChI is InChI=1S/C23H19N3O4S2/c1-30-19-10-12-20(13-11-19)32(28,29)26-18-9-5-8-17(14-18)22(27)25-23-24-21(15-31-23)16-6-3-2-4-7-16/h2-15,26H,1H3,(H,24,25,27). The molecule has 4 rings (SSSR count). The number of nitrogens with one attached hydrogen (secondary N) is 2. The van der Waals surface area contributed by atoms with E-state index in [2.05, 4.69) is 15.0 Å². The van der Waals surface area contributed by atoms with Gasteiger partial charge in [0.25, 0.3) is 15.9 Å². The van der Waals surface area contributed by atoms with Crippen LogP contribution >= 0.6 is 11.3 Å². The highest BCUT2D eigenvalue weighted by Gasteiger charge is 2.16. The molecule has 162 valence electrons. The summed E-state index contributed by atoms with van der Waals surface area (Å²) in [4.78, 5) is 17.2. The highest BCUT2D eigenvalue weighted by atomic mass is 32.2. The Kier molecular flexibility index (Phi) is 6.20. The van der Waals surface area contributed by atoms with Crippen LogP contribution in [0.4, 0.5) is 10.8 Å². The van der Waals surface area contributed by atoms with Gasteiger partial charge in [0.05, 0.1) is 17.7 Å². The molecule has 1 aromatic heterocycles. The van der Waals surface area contributed by atoms with E-state index in [1.807, 2.05) is 35.7 Å². The molecule has 4 aromatic rings. The molecular formula is C23H19N3O4S2. The number of carbonyl (C=O) groups excluding carboxylic acids is 1. The molecule has 32 heavy (non-hydrogen) atoms. The normalized spacial score (nSPS) is 11.0. The first-order valence-electron chi connectivity index (χ1n) is 9.54. The lowest BCUT2D eigenvalue weighted by atomic mass is 10.2. The molecule has 0 unspecified atom stereocenters. The van der Waals surface area contributed by atoms with Crippen molar-refractivity contribution in [2.24, 2.45) is 0 Å². The summed E-state index contributed by atoms with van der Waals surface area (Å²) in [5.74, 6) is 0.171. The van der Waals surface area contributed by atoms with Crippen LogP contribution in [-0.2, 0) is 10.0 Å². The van der Waals surface area contributed by atoms with Gasteiger partial charge >= 0.3 is 0 Å². The van der Waals surface area contributed by atoms with Gasteiger partial charge in [0, 0.05) is 22.2 Å². The number of thiazole rings is 1. The molecule has 1 heterocycles. The van der Waals surface area contributed by atoms with Gasteiger partial charge in [-0.3, -0.25) is 14.8 Å². The number of ether oxygens (including phenoxy) is 1. The fraction of sp³-hybridized carbons (Fsp3) is 0.0435. The lowest BCUT2D eigenvalue weighted by Crippen LogP contribution is -2.15. The van der Waals surface area contributed by atoms with Crippen molar-refractivity contribution >= 4 is 38.1 Å². The number of methoxy groups -OCH3 is 1. The van der Waals surface area contributed by atoms with Crippen molar-refractivity contribution in [2.45, 2.75) is 4.90 Å². The van der Waals surface area contributed by atoms with Crippen LogP contribution in [-0.4, -0.2) is 26.4 Å². The van der Waals surface area contributed by atoms with Gasteiger partial charge in [0.1, 0.15) is 5.75 Å². The molecule has 9 heteroatoms. The van der Waals surface area contributed by atoms with Crippen LogP contribution in [0, 0.1) is 0 Å². The summed E-state index contributed by atoms with van der Waals surface area (Å²) in [6.07, 6.45) is 0. The summed E-state index contributed by atoms with van der Waals surface area (Å²) in [6.45, 7) is 0. The number of hydrogen-bond acceptors (Lipinski definition) is 6. The van der Waals surface area contributed by atoms with Gasteiger partial charge in [0.2, 0.25) is 0 Å². The van der Waals surface area contributed by atoms with Crippen LogP contribution in [0.1, 0.15) is 10.4 Å². The molecule has 0 radical (unpaired) electrons. The van der Waals surface area contributed by atoms with E-state index < -0.39 is 10.0 Å². The van der Waals surface area contributed by atoms with Gasteiger partial charge in [-0.1, -0.05) is 36.4 Å².